The molecule has 0 radical (unpaired) electrons. The molecule has 1 aliphatic rings. The third-order valence-corrected chi connectivity index (χ3v) is 5.50. The van der Waals surface area contributed by atoms with Crippen LogP contribution < -0.4 is 10.1 Å². The number of carbonyl (C=O) groups excluding carboxylic acids is 2. The van der Waals surface area contributed by atoms with Crippen molar-refractivity contribution in [3.8, 4) is 5.75 Å². The highest BCUT2D eigenvalue weighted by Crippen LogP contribution is 2.29. The number of ether oxygens (including phenoxy) is 1. The van der Waals surface area contributed by atoms with Crippen LogP contribution in [0.25, 0.3) is 10.9 Å². The Balaban J connectivity index is 1.61. The first-order chi connectivity index (χ1) is 14.7. The summed E-state index contributed by atoms with van der Waals surface area (Å²) in [4.78, 5) is 25.4. The fourth-order valence-corrected chi connectivity index (χ4v) is 4.09. The van der Waals surface area contributed by atoms with E-state index < -0.39 is 18.0 Å². The maximum atomic E-state index is 13.1. The molecule has 1 aromatic heterocycles. The molecule has 0 atom stereocenters. The Labute approximate surface area is 176 Å². The first kappa shape index (κ1) is 21.0. The Hall–Kier alpha value is -3.29. The van der Waals surface area contributed by atoms with E-state index in [9.17, 15) is 22.8 Å². The van der Waals surface area contributed by atoms with Crippen LogP contribution in [0.3, 0.4) is 0 Å². The summed E-state index contributed by atoms with van der Waals surface area (Å²) in [5.41, 5.74) is 1.94. The first-order valence-corrected chi connectivity index (χ1v) is 10.0. The molecule has 0 aliphatic heterocycles. The van der Waals surface area contributed by atoms with E-state index >= 15 is 0 Å². The zero-order chi connectivity index (χ0) is 22.2. The Bertz CT molecular complexity index is 1140. The first-order valence-electron chi connectivity index (χ1n) is 10.0. The summed E-state index contributed by atoms with van der Waals surface area (Å²) in [7, 11) is 0. The maximum Gasteiger partial charge on any atom is 0.573 e. The average Bonchev–Trinajstić information content (AvgIpc) is 3.33. The van der Waals surface area contributed by atoms with Crippen LogP contribution in [0.15, 0.2) is 48.5 Å². The summed E-state index contributed by atoms with van der Waals surface area (Å²) in [6.45, 7) is 1.74. The lowest BCUT2D eigenvalue weighted by Crippen LogP contribution is -2.20. The molecule has 2 aromatic carbocycles. The molecule has 1 N–H and O–H groups in total. The van der Waals surface area contributed by atoms with Crippen LogP contribution in [-0.2, 0) is 4.79 Å². The number of aromatic nitrogens is 1. The number of nitrogens with one attached hydrogen (secondary N) is 1. The Morgan fingerprint density at radius 1 is 1.06 bits per heavy atom. The summed E-state index contributed by atoms with van der Waals surface area (Å²) >= 11 is 0. The molecule has 0 saturated heterocycles. The van der Waals surface area contributed by atoms with Crippen molar-refractivity contribution < 1.29 is 27.5 Å². The number of halogens is 3. The van der Waals surface area contributed by atoms with Gasteiger partial charge in [0, 0.05) is 28.2 Å². The van der Waals surface area contributed by atoms with Crippen LogP contribution in [0, 0.1) is 12.8 Å². The number of amides is 1. The van der Waals surface area contributed by atoms with E-state index in [1.54, 1.807) is 31.2 Å². The lowest BCUT2D eigenvalue weighted by Gasteiger charge is -2.12. The van der Waals surface area contributed by atoms with Gasteiger partial charge >= 0.3 is 6.36 Å². The molecule has 0 unspecified atom stereocenters. The number of nitrogens with zero attached hydrogens (tertiary/aromatic N) is 1. The van der Waals surface area contributed by atoms with Gasteiger partial charge in [0.15, 0.2) is 0 Å². The smallest absolute Gasteiger partial charge is 0.406 e. The molecule has 1 saturated carbocycles. The van der Waals surface area contributed by atoms with Gasteiger partial charge in [0.25, 0.3) is 5.91 Å². The zero-order valence-corrected chi connectivity index (χ0v) is 16.8. The molecule has 3 aromatic rings. The van der Waals surface area contributed by atoms with E-state index in [-0.39, 0.29) is 17.4 Å². The van der Waals surface area contributed by atoms with Gasteiger partial charge in [-0.25, -0.2) is 0 Å². The van der Waals surface area contributed by atoms with Crippen LogP contribution in [-0.4, -0.2) is 22.7 Å². The summed E-state index contributed by atoms with van der Waals surface area (Å²) in [5, 5.41) is 3.69. The molecular formula is C23H21F3N2O3. The van der Waals surface area contributed by atoms with Crippen LogP contribution in [0.2, 0.25) is 0 Å². The number of carbonyl (C=O) groups is 2. The minimum absolute atomic E-state index is 0.00515. The van der Waals surface area contributed by atoms with Crippen LogP contribution in [0.1, 0.15) is 41.7 Å². The SMILES string of the molecule is Cc1cc2cc(NC(=O)C3CCCC3)ccc2n1C(=O)c1cccc(OC(F)(F)F)c1. The van der Waals surface area contributed by atoms with Crippen molar-refractivity contribution in [2.24, 2.45) is 5.92 Å². The molecular weight excluding hydrogens is 409 g/mol. The molecule has 5 nitrogen and oxygen atoms in total. The van der Waals surface area contributed by atoms with Crippen LogP contribution >= 0.6 is 0 Å². The van der Waals surface area contributed by atoms with Crippen molar-refractivity contribution in [1.82, 2.24) is 4.57 Å². The lowest BCUT2D eigenvalue weighted by molar-refractivity contribution is -0.274. The number of hydrogen-bond acceptors (Lipinski definition) is 3. The van der Waals surface area contributed by atoms with Crippen molar-refractivity contribution in [3.63, 3.8) is 0 Å². The highest BCUT2D eigenvalue weighted by atomic mass is 19.4. The predicted molar refractivity (Wildman–Crippen MR) is 110 cm³/mol. The van der Waals surface area contributed by atoms with E-state index in [1.165, 1.54) is 16.7 Å². The molecule has 0 bridgehead atoms. The fourth-order valence-electron chi connectivity index (χ4n) is 4.09. The van der Waals surface area contributed by atoms with Crippen molar-refractivity contribution in [3.05, 3.63) is 59.8 Å². The van der Waals surface area contributed by atoms with Crippen LogP contribution in [0.5, 0.6) is 5.75 Å². The number of fused-ring (bicyclic) bond motifs is 1. The standard InChI is InChI=1S/C23H21F3N2O3/c1-14-11-17-12-18(27-21(29)15-5-2-3-6-15)9-10-20(17)28(14)22(30)16-7-4-8-19(13-16)31-23(24,25)26/h4,7-13,15H,2-3,5-6H2,1H3,(H,27,29). The van der Waals surface area contributed by atoms with Gasteiger partial charge in [-0.3, -0.25) is 14.2 Å². The van der Waals surface area contributed by atoms with Gasteiger partial charge in [-0.1, -0.05) is 18.9 Å². The number of rotatable bonds is 4. The van der Waals surface area contributed by atoms with Gasteiger partial charge in [0.1, 0.15) is 5.75 Å². The highest BCUT2D eigenvalue weighted by molar-refractivity contribution is 6.04. The van der Waals surface area contributed by atoms with E-state index in [0.29, 0.717) is 16.9 Å². The topological polar surface area (TPSA) is 60.3 Å². The minimum Gasteiger partial charge on any atom is -0.406 e. The van der Waals surface area contributed by atoms with E-state index in [4.69, 9.17) is 0 Å². The number of benzene rings is 2. The second-order valence-corrected chi connectivity index (χ2v) is 7.75. The molecule has 1 aliphatic carbocycles. The summed E-state index contributed by atoms with van der Waals surface area (Å²) in [5.74, 6) is -0.882. The van der Waals surface area contributed by atoms with Gasteiger partial charge in [-0.05, 0) is 62.2 Å². The Morgan fingerprint density at radius 2 is 1.81 bits per heavy atom. The zero-order valence-electron chi connectivity index (χ0n) is 16.8. The quantitative estimate of drug-likeness (QED) is 0.581. The van der Waals surface area contributed by atoms with Gasteiger partial charge in [-0.2, -0.15) is 0 Å². The van der Waals surface area contributed by atoms with E-state index in [2.05, 4.69) is 10.1 Å². The number of anilines is 1. The molecule has 8 heteroatoms. The number of hydrogen-bond donors (Lipinski definition) is 1. The van der Waals surface area contributed by atoms with Gasteiger partial charge in [0.2, 0.25) is 5.91 Å². The lowest BCUT2D eigenvalue weighted by atomic mass is 10.1. The maximum absolute atomic E-state index is 13.1. The third-order valence-electron chi connectivity index (χ3n) is 5.50. The van der Waals surface area contributed by atoms with Gasteiger partial charge < -0.3 is 10.1 Å². The largest absolute Gasteiger partial charge is 0.573 e. The van der Waals surface area contributed by atoms with Crippen molar-refractivity contribution in [2.75, 3.05) is 5.32 Å². The summed E-state index contributed by atoms with van der Waals surface area (Å²) in [6.07, 6.45) is -0.908. The number of alkyl halides is 3. The molecule has 4 rings (SSSR count). The van der Waals surface area contributed by atoms with Crippen LogP contribution in [0.4, 0.5) is 18.9 Å². The average molecular weight is 430 g/mol. The molecule has 162 valence electrons. The van der Waals surface area contributed by atoms with E-state index in [0.717, 1.165) is 43.2 Å². The second-order valence-electron chi connectivity index (χ2n) is 7.75. The number of aryl methyl sites for hydroxylation is 1. The second kappa shape index (κ2) is 8.09. The molecule has 0 spiro atoms. The molecule has 1 fully saturated rings. The third kappa shape index (κ3) is 4.57. The van der Waals surface area contributed by atoms with Gasteiger partial charge in [0.05, 0.1) is 5.52 Å². The normalized spacial score (nSPS) is 14.7. The Kier molecular flexibility index (Phi) is 5.47. The van der Waals surface area contributed by atoms with Crippen molar-refractivity contribution in [1.29, 1.82) is 0 Å². The van der Waals surface area contributed by atoms with E-state index in [1.807, 2.05) is 0 Å². The molecule has 31 heavy (non-hydrogen) atoms. The molecule has 1 heterocycles. The summed E-state index contributed by atoms with van der Waals surface area (Å²) < 4.78 is 42.9. The highest BCUT2D eigenvalue weighted by Gasteiger charge is 2.31. The predicted octanol–water partition coefficient (Wildman–Crippen LogP) is 5.67. The molecule has 1 amide bonds. The van der Waals surface area contributed by atoms with Crippen molar-refractivity contribution in [2.45, 2.75) is 39.0 Å². The van der Waals surface area contributed by atoms with Crippen molar-refractivity contribution >= 4 is 28.4 Å². The monoisotopic (exact) mass is 430 g/mol. The Morgan fingerprint density at radius 3 is 2.52 bits per heavy atom. The minimum atomic E-state index is -4.84. The van der Waals surface area contributed by atoms with Gasteiger partial charge in [-0.15, -0.1) is 13.2 Å². The summed E-state index contributed by atoms with van der Waals surface area (Å²) in [6, 6.07) is 12.0. The fraction of sp³-hybridized carbons (Fsp3) is 0.304.